The molecule has 0 fully saturated rings. The number of benzene rings is 1. The Morgan fingerprint density at radius 1 is 1.23 bits per heavy atom. The van der Waals surface area contributed by atoms with Gasteiger partial charge in [-0.2, -0.15) is 0 Å². The zero-order valence-corrected chi connectivity index (χ0v) is 19.2. The quantitative estimate of drug-likeness (QED) is 0.287. The van der Waals surface area contributed by atoms with Crippen LogP contribution in [0.3, 0.4) is 0 Å². The molecule has 30 heavy (non-hydrogen) atoms. The summed E-state index contributed by atoms with van der Waals surface area (Å²) in [7, 11) is 0. The molecule has 1 aliphatic carbocycles. The van der Waals surface area contributed by atoms with Crippen molar-refractivity contribution in [2.45, 2.75) is 66.4 Å². The van der Waals surface area contributed by atoms with Gasteiger partial charge < -0.3 is 9.47 Å². The summed E-state index contributed by atoms with van der Waals surface area (Å²) in [5.41, 5.74) is -0.0458. The van der Waals surface area contributed by atoms with Crippen molar-refractivity contribution in [2.75, 3.05) is 6.61 Å². The van der Waals surface area contributed by atoms with Crippen molar-refractivity contribution in [3.05, 3.63) is 54.1 Å². The number of allylic oxidation sites excluding steroid dienone is 2. The van der Waals surface area contributed by atoms with E-state index in [4.69, 9.17) is 9.47 Å². The fourth-order valence-corrected chi connectivity index (χ4v) is 4.32. The first-order valence-corrected chi connectivity index (χ1v) is 10.9. The average Bonchev–Trinajstić information content (AvgIpc) is 2.70. The molecule has 0 saturated heterocycles. The normalized spacial score (nSPS) is 20.5. The third-order valence-corrected chi connectivity index (χ3v) is 5.85. The van der Waals surface area contributed by atoms with Crippen molar-refractivity contribution in [1.82, 2.24) is 0 Å². The fraction of sp³-hybridized carbons (Fsp3) is 0.538. The van der Waals surface area contributed by atoms with Crippen LogP contribution in [0.5, 0.6) is 5.75 Å². The molecule has 0 heterocycles. The minimum absolute atomic E-state index is 0.00469. The summed E-state index contributed by atoms with van der Waals surface area (Å²) >= 11 is 0. The summed E-state index contributed by atoms with van der Waals surface area (Å²) in [6.07, 6.45) is 7.90. The Bertz CT molecular complexity index is 789. The van der Waals surface area contributed by atoms with Crippen LogP contribution >= 0.6 is 0 Å². The van der Waals surface area contributed by atoms with E-state index in [9.17, 15) is 9.59 Å². The van der Waals surface area contributed by atoms with Gasteiger partial charge in [0.2, 0.25) is 0 Å². The van der Waals surface area contributed by atoms with Crippen molar-refractivity contribution in [3.63, 3.8) is 0 Å². The van der Waals surface area contributed by atoms with Crippen LogP contribution in [0.15, 0.2) is 54.1 Å². The van der Waals surface area contributed by atoms with Crippen molar-refractivity contribution in [1.29, 1.82) is 0 Å². The molecule has 0 aliphatic heterocycles. The molecule has 0 amide bonds. The van der Waals surface area contributed by atoms with E-state index < -0.39 is 5.60 Å². The zero-order valence-electron chi connectivity index (χ0n) is 19.2. The Labute approximate surface area is 181 Å². The van der Waals surface area contributed by atoms with Crippen LogP contribution < -0.4 is 4.74 Å². The number of carbonyl (C=O) groups is 2. The lowest BCUT2D eigenvalue weighted by atomic mass is 9.61. The monoisotopic (exact) mass is 412 g/mol. The summed E-state index contributed by atoms with van der Waals surface area (Å²) in [5, 5.41) is 0. The molecule has 4 heteroatoms. The van der Waals surface area contributed by atoms with Crippen molar-refractivity contribution >= 4 is 11.8 Å². The molecule has 0 radical (unpaired) electrons. The number of hydrogen-bond donors (Lipinski definition) is 0. The molecule has 4 nitrogen and oxygen atoms in total. The van der Waals surface area contributed by atoms with Crippen LogP contribution in [0.2, 0.25) is 0 Å². The maximum absolute atomic E-state index is 12.8. The smallest absolute Gasteiger partial charge is 0.309 e. The summed E-state index contributed by atoms with van der Waals surface area (Å²) in [6.45, 7) is 12.1. The molecule has 2 rings (SSSR count). The number of carbonyl (C=O) groups excluding carboxylic acids is 2. The highest BCUT2D eigenvalue weighted by Crippen LogP contribution is 2.49. The number of ether oxygens (including phenoxy) is 2. The molecule has 0 spiro atoms. The van der Waals surface area contributed by atoms with Crippen molar-refractivity contribution < 1.29 is 19.1 Å². The predicted molar refractivity (Wildman–Crippen MR) is 120 cm³/mol. The maximum atomic E-state index is 12.8. The fourth-order valence-electron chi connectivity index (χ4n) is 4.32. The largest absolute Gasteiger partial charge is 0.489 e. The molecule has 1 aromatic carbocycles. The first-order valence-electron chi connectivity index (χ1n) is 10.9. The Hall–Kier alpha value is -2.36. The molecule has 2 unspecified atom stereocenters. The molecular formula is C26H36O4. The van der Waals surface area contributed by atoms with E-state index in [1.165, 1.54) is 0 Å². The van der Waals surface area contributed by atoms with Crippen LogP contribution in [0.1, 0.15) is 60.8 Å². The van der Waals surface area contributed by atoms with Gasteiger partial charge in [-0.1, -0.05) is 64.5 Å². The summed E-state index contributed by atoms with van der Waals surface area (Å²) in [4.78, 5) is 25.0. The lowest BCUT2D eigenvalue weighted by Crippen LogP contribution is -2.53. The van der Waals surface area contributed by atoms with Crippen LogP contribution in [0.4, 0.5) is 0 Å². The Balaban J connectivity index is 2.57. The van der Waals surface area contributed by atoms with Crippen LogP contribution in [0, 0.1) is 17.3 Å². The SMILES string of the molecule is CCC(=O)C=CC(COc1ccccc1)(OC(=O)C(C)C)C1C(C)=CCCC1(C)C. The van der Waals surface area contributed by atoms with E-state index in [1.807, 2.05) is 51.1 Å². The van der Waals surface area contributed by atoms with Gasteiger partial charge in [-0.15, -0.1) is 0 Å². The molecule has 1 aliphatic rings. The lowest BCUT2D eigenvalue weighted by molar-refractivity contribution is -0.171. The first kappa shape index (κ1) is 23.9. The number of hydrogen-bond acceptors (Lipinski definition) is 4. The van der Waals surface area contributed by atoms with Gasteiger partial charge in [-0.05, 0) is 49.5 Å². The van der Waals surface area contributed by atoms with Crippen molar-refractivity contribution in [2.24, 2.45) is 17.3 Å². The second-order valence-corrected chi connectivity index (χ2v) is 9.19. The van der Waals surface area contributed by atoms with Gasteiger partial charge in [0, 0.05) is 12.3 Å². The Morgan fingerprint density at radius 3 is 2.47 bits per heavy atom. The van der Waals surface area contributed by atoms with E-state index in [1.54, 1.807) is 12.2 Å². The number of rotatable bonds is 9. The van der Waals surface area contributed by atoms with Gasteiger partial charge in [-0.25, -0.2) is 0 Å². The molecule has 1 aromatic rings. The van der Waals surface area contributed by atoms with E-state index in [2.05, 4.69) is 26.8 Å². The molecule has 164 valence electrons. The summed E-state index contributed by atoms with van der Waals surface area (Å²) < 4.78 is 12.4. The third kappa shape index (κ3) is 5.84. The molecule has 0 aromatic heterocycles. The topological polar surface area (TPSA) is 52.6 Å². The third-order valence-electron chi connectivity index (χ3n) is 5.85. The van der Waals surface area contributed by atoms with Gasteiger partial charge >= 0.3 is 5.97 Å². The highest BCUT2D eigenvalue weighted by Gasteiger charge is 2.50. The van der Waals surface area contributed by atoms with Gasteiger partial charge in [0.25, 0.3) is 0 Å². The number of para-hydroxylation sites is 1. The Kier molecular flexibility index (Phi) is 8.05. The van der Waals surface area contributed by atoms with E-state index in [0.717, 1.165) is 18.4 Å². The van der Waals surface area contributed by atoms with E-state index >= 15 is 0 Å². The van der Waals surface area contributed by atoms with Crippen LogP contribution in [0.25, 0.3) is 0 Å². The highest BCUT2D eigenvalue weighted by molar-refractivity contribution is 5.89. The standard InChI is InChI=1S/C26H36O4/c1-7-21(27)15-17-26(30-24(28)19(2)3,18-29-22-13-9-8-10-14-22)23-20(4)12-11-16-25(23,5)6/h8-10,12-15,17,19,23H,7,11,16,18H2,1-6H3. The molecule has 0 bridgehead atoms. The molecule has 2 atom stereocenters. The molecule has 0 N–H and O–H groups in total. The minimum atomic E-state index is -1.08. The van der Waals surface area contributed by atoms with Gasteiger partial charge in [0.05, 0.1) is 5.92 Å². The summed E-state index contributed by atoms with van der Waals surface area (Å²) in [6, 6.07) is 9.50. The number of ketones is 1. The van der Waals surface area contributed by atoms with Gasteiger partial charge in [-0.3, -0.25) is 9.59 Å². The molecule has 0 saturated carbocycles. The van der Waals surface area contributed by atoms with Crippen LogP contribution in [-0.2, 0) is 14.3 Å². The second-order valence-electron chi connectivity index (χ2n) is 9.19. The van der Waals surface area contributed by atoms with Gasteiger partial charge in [0.15, 0.2) is 11.4 Å². The zero-order chi connectivity index (χ0) is 22.4. The minimum Gasteiger partial charge on any atom is -0.489 e. The molecular weight excluding hydrogens is 376 g/mol. The lowest BCUT2D eigenvalue weighted by Gasteiger charge is -2.48. The van der Waals surface area contributed by atoms with Crippen molar-refractivity contribution in [3.8, 4) is 5.75 Å². The summed E-state index contributed by atoms with van der Waals surface area (Å²) in [5.74, 6) is 0.00994. The van der Waals surface area contributed by atoms with E-state index in [-0.39, 0.29) is 35.6 Å². The van der Waals surface area contributed by atoms with Crippen LogP contribution in [-0.4, -0.2) is 24.0 Å². The van der Waals surface area contributed by atoms with Gasteiger partial charge in [0.1, 0.15) is 12.4 Å². The number of esters is 1. The second kappa shape index (κ2) is 10.1. The van der Waals surface area contributed by atoms with E-state index in [0.29, 0.717) is 12.2 Å². The highest BCUT2D eigenvalue weighted by atomic mass is 16.6. The average molecular weight is 413 g/mol. The maximum Gasteiger partial charge on any atom is 0.309 e. The Morgan fingerprint density at radius 2 is 1.90 bits per heavy atom. The first-order chi connectivity index (χ1) is 14.1. The predicted octanol–water partition coefficient (Wildman–Crippen LogP) is 5.92.